The molecule has 32 heavy (non-hydrogen) atoms. The van der Waals surface area contributed by atoms with E-state index in [1.807, 2.05) is 61.7 Å². The number of ether oxygens (including phenoxy) is 3. The van der Waals surface area contributed by atoms with Crippen LogP contribution in [0.3, 0.4) is 0 Å². The average molecular weight is 473 g/mol. The largest absolute Gasteiger partial charge is 0.496 e. The van der Waals surface area contributed by atoms with Crippen molar-refractivity contribution in [2.45, 2.75) is 28.1 Å². The van der Waals surface area contributed by atoms with Crippen LogP contribution in [-0.2, 0) is 10.8 Å². The van der Waals surface area contributed by atoms with Crippen molar-refractivity contribution in [1.82, 2.24) is 0 Å². The maximum atomic E-state index is 13.4. The van der Waals surface area contributed by atoms with Crippen LogP contribution in [0.2, 0.25) is 0 Å². The molecule has 3 aromatic rings. The monoisotopic (exact) mass is 472 g/mol. The smallest absolute Gasteiger partial charge is 0.132 e. The van der Waals surface area contributed by atoms with Gasteiger partial charge in [0.15, 0.2) is 0 Å². The highest BCUT2D eigenvalue weighted by atomic mass is 32.2. The third-order valence-corrected chi connectivity index (χ3v) is 7.74. The molecule has 0 spiro atoms. The molecule has 0 unspecified atom stereocenters. The molecule has 7 heteroatoms. The summed E-state index contributed by atoms with van der Waals surface area (Å²) in [6.07, 6.45) is 0.944. The number of rotatable bonds is 9. The minimum absolute atomic E-state index is 0.406. The zero-order valence-electron chi connectivity index (χ0n) is 18.8. The van der Waals surface area contributed by atoms with E-state index < -0.39 is 22.2 Å². The third-order valence-electron chi connectivity index (χ3n) is 5.25. The SMILES string of the molecule is COc1cc(OC)c([C@@H](O)[C@@H](SC)c2ccccc2[S@@](=O)c2ccc(C)cc2)c(OC)c1. The van der Waals surface area contributed by atoms with Crippen LogP contribution in [0.1, 0.15) is 28.0 Å². The Hall–Kier alpha value is -2.48. The number of hydrogen-bond acceptors (Lipinski definition) is 6. The molecule has 3 atom stereocenters. The highest BCUT2D eigenvalue weighted by molar-refractivity contribution is 7.98. The van der Waals surface area contributed by atoms with Gasteiger partial charge in [0.25, 0.3) is 0 Å². The maximum absolute atomic E-state index is 13.4. The molecule has 0 aliphatic heterocycles. The second-order valence-corrected chi connectivity index (χ2v) is 9.59. The van der Waals surface area contributed by atoms with E-state index >= 15 is 0 Å². The predicted octanol–water partition coefficient (Wildman–Crippen LogP) is 5.33. The van der Waals surface area contributed by atoms with Gasteiger partial charge >= 0.3 is 0 Å². The van der Waals surface area contributed by atoms with Gasteiger partial charge in [-0.25, -0.2) is 4.21 Å². The van der Waals surface area contributed by atoms with Gasteiger partial charge < -0.3 is 19.3 Å². The van der Waals surface area contributed by atoms with E-state index in [-0.39, 0.29) is 0 Å². The second-order valence-electron chi connectivity index (χ2n) is 7.17. The Morgan fingerprint density at radius 2 is 1.50 bits per heavy atom. The molecule has 0 heterocycles. The Kier molecular flexibility index (Phi) is 8.23. The van der Waals surface area contributed by atoms with Crippen molar-refractivity contribution in [3.63, 3.8) is 0 Å². The van der Waals surface area contributed by atoms with Crippen LogP contribution in [0, 0.1) is 6.92 Å². The number of aliphatic hydroxyl groups is 1. The first-order chi connectivity index (χ1) is 15.4. The molecular formula is C25H28O5S2. The van der Waals surface area contributed by atoms with E-state index in [1.54, 1.807) is 33.5 Å². The summed E-state index contributed by atoms with van der Waals surface area (Å²) in [5.41, 5.74) is 2.42. The Balaban J connectivity index is 2.09. The van der Waals surface area contributed by atoms with E-state index in [0.717, 1.165) is 16.0 Å². The molecule has 0 radical (unpaired) electrons. The highest BCUT2D eigenvalue weighted by Crippen LogP contribution is 2.48. The van der Waals surface area contributed by atoms with E-state index in [2.05, 4.69) is 0 Å². The molecule has 3 rings (SSSR count). The predicted molar refractivity (Wildman–Crippen MR) is 130 cm³/mol. The number of hydrogen-bond donors (Lipinski definition) is 1. The van der Waals surface area contributed by atoms with Crippen LogP contribution >= 0.6 is 11.8 Å². The second kappa shape index (κ2) is 10.9. The van der Waals surface area contributed by atoms with Crippen molar-refractivity contribution >= 4 is 22.6 Å². The molecule has 0 amide bonds. The van der Waals surface area contributed by atoms with Gasteiger partial charge in [0.2, 0.25) is 0 Å². The van der Waals surface area contributed by atoms with Gasteiger partial charge in [0.1, 0.15) is 23.4 Å². The summed E-state index contributed by atoms with van der Waals surface area (Å²) in [6, 6.07) is 18.6. The first-order valence-corrected chi connectivity index (χ1v) is 12.5. The zero-order chi connectivity index (χ0) is 23.3. The molecule has 1 N–H and O–H groups in total. The quantitative estimate of drug-likeness (QED) is 0.454. The summed E-state index contributed by atoms with van der Waals surface area (Å²) in [5, 5.41) is 11.1. The maximum Gasteiger partial charge on any atom is 0.132 e. The van der Waals surface area contributed by atoms with Crippen LogP contribution in [0.25, 0.3) is 0 Å². The molecular weight excluding hydrogens is 444 g/mol. The standard InChI is InChI=1S/C25H28O5S2/c1-16-10-12-18(13-11-16)32(27)22-9-7-6-8-19(22)25(31-5)24(26)23-20(29-3)14-17(28-2)15-21(23)30-4/h6-15,24-26H,1-5H3/t24-,25+,32+/m1/s1. The number of aliphatic hydroxyl groups excluding tert-OH is 1. The van der Waals surface area contributed by atoms with Crippen molar-refractivity contribution in [2.75, 3.05) is 27.6 Å². The molecule has 0 saturated carbocycles. The minimum Gasteiger partial charge on any atom is -0.496 e. The highest BCUT2D eigenvalue weighted by Gasteiger charge is 2.31. The summed E-state index contributed by atoms with van der Waals surface area (Å²) in [5.74, 6) is 1.49. The molecule has 0 bridgehead atoms. The number of aryl methyl sites for hydroxylation is 1. The van der Waals surface area contributed by atoms with Crippen LogP contribution in [0.5, 0.6) is 17.2 Å². The molecule has 0 aromatic heterocycles. The fourth-order valence-corrected chi connectivity index (χ4v) is 5.75. The van der Waals surface area contributed by atoms with E-state index in [1.165, 1.54) is 11.8 Å². The number of benzene rings is 3. The molecule has 0 fully saturated rings. The minimum atomic E-state index is -1.39. The van der Waals surface area contributed by atoms with E-state index in [0.29, 0.717) is 27.7 Å². The molecule has 0 aliphatic rings. The van der Waals surface area contributed by atoms with Gasteiger partial charge in [0.05, 0.1) is 42.9 Å². The van der Waals surface area contributed by atoms with Crippen molar-refractivity contribution in [3.8, 4) is 17.2 Å². The number of methoxy groups -OCH3 is 3. The van der Waals surface area contributed by atoms with Crippen molar-refractivity contribution in [2.24, 2.45) is 0 Å². The van der Waals surface area contributed by atoms with Crippen LogP contribution in [0.15, 0.2) is 70.5 Å². The van der Waals surface area contributed by atoms with Crippen LogP contribution < -0.4 is 14.2 Å². The van der Waals surface area contributed by atoms with Crippen molar-refractivity contribution in [3.05, 3.63) is 77.4 Å². The van der Waals surface area contributed by atoms with Crippen molar-refractivity contribution < 1.29 is 23.5 Å². The van der Waals surface area contributed by atoms with E-state index in [9.17, 15) is 9.32 Å². The van der Waals surface area contributed by atoms with Gasteiger partial charge in [-0.1, -0.05) is 35.9 Å². The first kappa shape index (κ1) is 24.2. The summed E-state index contributed by atoms with van der Waals surface area (Å²) >= 11 is 1.48. The third kappa shape index (κ3) is 4.95. The van der Waals surface area contributed by atoms with E-state index in [4.69, 9.17) is 14.2 Å². The average Bonchev–Trinajstić information content (AvgIpc) is 2.83. The van der Waals surface area contributed by atoms with Gasteiger partial charge in [-0.2, -0.15) is 11.8 Å². The zero-order valence-corrected chi connectivity index (χ0v) is 20.5. The summed E-state index contributed by atoms with van der Waals surface area (Å²) < 4.78 is 29.9. The summed E-state index contributed by atoms with van der Waals surface area (Å²) in [6.45, 7) is 2.00. The lowest BCUT2D eigenvalue weighted by molar-refractivity contribution is 0.165. The lowest BCUT2D eigenvalue weighted by Crippen LogP contribution is -2.13. The molecule has 0 aliphatic carbocycles. The Bertz CT molecular complexity index is 1060. The van der Waals surface area contributed by atoms with Crippen molar-refractivity contribution in [1.29, 1.82) is 0 Å². The summed E-state index contributed by atoms with van der Waals surface area (Å²) in [4.78, 5) is 1.39. The molecule has 3 aromatic carbocycles. The lowest BCUT2D eigenvalue weighted by atomic mass is 9.98. The molecule has 5 nitrogen and oxygen atoms in total. The number of thioether (sulfide) groups is 1. The van der Waals surface area contributed by atoms with Crippen LogP contribution in [-0.4, -0.2) is 36.9 Å². The Morgan fingerprint density at radius 1 is 0.906 bits per heavy atom. The lowest BCUT2D eigenvalue weighted by Gasteiger charge is -2.27. The van der Waals surface area contributed by atoms with Gasteiger partial charge in [0, 0.05) is 21.9 Å². The fourth-order valence-electron chi connectivity index (χ4n) is 3.57. The normalized spacial score (nSPS) is 13.8. The van der Waals surface area contributed by atoms with Gasteiger partial charge in [-0.15, -0.1) is 0 Å². The first-order valence-electron chi connectivity index (χ1n) is 10.0. The van der Waals surface area contributed by atoms with Gasteiger partial charge in [-0.3, -0.25) is 0 Å². The fraction of sp³-hybridized carbons (Fsp3) is 0.280. The Labute approximate surface area is 196 Å². The van der Waals surface area contributed by atoms with Gasteiger partial charge in [-0.05, 0) is 36.9 Å². The molecule has 170 valence electrons. The molecule has 0 saturated heterocycles. The Morgan fingerprint density at radius 3 is 2.03 bits per heavy atom. The topological polar surface area (TPSA) is 65.0 Å². The summed E-state index contributed by atoms with van der Waals surface area (Å²) in [7, 11) is 3.25. The van der Waals surface area contributed by atoms with Crippen LogP contribution in [0.4, 0.5) is 0 Å².